The molecule has 0 aromatic carbocycles. The molecule has 0 radical (unpaired) electrons. The number of hydrogen-bond donors (Lipinski definition) is 2. The highest BCUT2D eigenvalue weighted by atomic mass is 16.5. The average molecular weight is 397 g/mol. The Bertz CT molecular complexity index is 809. The maximum Gasteiger partial charge on any atom is 0.225 e. The number of anilines is 2. The summed E-state index contributed by atoms with van der Waals surface area (Å²) in [7, 11) is 0. The Morgan fingerprint density at radius 2 is 2.07 bits per heavy atom. The van der Waals surface area contributed by atoms with Crippen molar-refractivity contribution in [3.63, 3.8) is 0 Å². The van der Waals surface area contributed by atoms with E-state index in [1.807, 2.05) is 12.1 Å². The van der Waals surface area contributed by atoms with Crippen LogP contribution in [-0.2, 0) is 9.53 Å². The fraction of sp³-hybridized carbons (Fsp3) is 0.524. The molecule has 2 aromatic rings. The maximum absolute atomic E-state index is 12.8. The summed E-state index contributed by atoms with van der Waals surface area (Å²) in [5, 5.41) is 13.8. The molecular formula is C21H27N5O3. The molecule has 1 aliphatic heterocycles. The van der Waals surface area contributed by atoms with E-state index in [2.05, 4.69) is 20.3 Å². The van der Waals surface area contributed by atoms with E-state index in [9.17, 15) is 9.90 Å². The third-order valence-corrected chi connectivity index (χ3v) is 5.64. The predicted octanol–water partition coefficient (Wildman–Crippen LogP) is 2.60. The zero-order valence-corrected chi connectivity index (χ0v) is 16.5. The summed E-state index contributed by atoms with van der Waals surface area (Å²) in [4.78, 5) is 27.3. The Balaban J connectivity index is 1.36. The van der Waals surface area contributed by atoms with Gasteiger partial charge in [0.05, 0.1) is 48.9 Å². The molecule has 1 amide bonds. The summed E-state index contributed by atoms with van der Waals surface area (Å²) in [5.41, 5.74) is 0.746. The molecule has 8 heteroatoms. The van der Waals surface area contributed by atoms with Gasteiger partial charge in [0.2, 0.25) is 5.91 Å². The van der Waals surface area contributed by atoms with Crippen LogP contribution in [0.15, 0.2) is 36.9 Å². The number of hydrogen-bond acceptors (Lipinski definition) is 7. The summed E-state index contributed by atoms with van der Waals surface area (Å²) >= 11 is 0. The molecule has 2 aromatic heterocycles. The van der Waals surface area contributed by atoms with Crippen LogP contribution in [-0.4, -0.2) is 56.2 Å². The van der Waals surface area contributed by atoms with E-state index in [-0.39, 0.29) is 18.4 Å². The molecule has 0 bridgehead atoms. The van der Waals surface area contributed by atoms with Crippen LogP contribution in [0.1, 0.15) is 50.3 Å². The molecule has 1 saturated carbocycles. The summed E-state index contributed by atoms with van der Waals surface area (Å²) in [6.07, 6.45) is 11.1. The van der Waals surface area contributed by atoms with Gasteiger partial charge in [0.1, 0.15) is 11.9 Å². The Morgan fingerprint density at radius 1 is 1.21 bits per heavy atom. The number of nitrogens with zero attached hydrogens (tertiary/aromatic N) is 4. The fourth-order valence-corrected chi connectivity index (χ4v) is 4.02. The van der Waals surface area contributed by atoms with Crippen LogP contribution < -0.4 is 5.32 Å². The zero-order valence-electron chi connectivity index (χ0n) is 16.5. The third kappa shape index (κ3) is 5.07. The van der Waals surface area contributed by atoms with Crippen LogP contribution in [0.5, 0.6) is 0 Å². The van der Waals surface area contributed by atoms with Gasteiger partial charge in [-0.25, -0.2) is 4.98 Å². The van der Waals surface area contributed by atoms with Gasteiger partial charge in [-0.1, -0.05) is 19.3 Å². The molecule has 0 spiro atoms. The Morgan fingerprint density at radius 3 is 2.79 bits per heavy atom. The lowest BCUT2D eigenvalue weighted by molar-refractivity contribution is -0.145. The predicted molar refractivity (Wildman–Crippen MR) is 107 cm³/mol. The molecular weight excluding hydrogens is 370 g/mol. The van der Waals surface area contributed by atoms with Crippen LogP contribution in [0.3, 0.4) is 0 Å². The first kappa shape index (κ1) is 19.7. The van der Waals surface area contributed by atoms with Crippen molar-refractivity contribution in [2.75, 3.05) is 25.0 Å². The van der Waals surface area contributed by atoms with Crippen LogP contribution in [0.25, 0.3) is 0 Å². The Labute approximate surface area is 170 Å². The monoisotopic (exact) mass is 397 g/mol. The third-order valence-electron chi connectivity index (χ3n) is 5.64. The first-order chi connectivity index (χ1) is 14.1. The van der Waals surface area contributed by atoms with E-state index in [0.29, 0.717) is 38.4 Å². The lowest BCUT2D eigenvalue weighted by atomic mass is 9.82. The van der Waals surface area contributed by atoms with Gasteiger partial charge in [-0.15, -0.1) is 0 Å². The van der Waals surface area contributed by atoms with Gasteiger partial charge in [-0.3, -0.25) is 14.8 Å². The van der Waals surface area contributed by atoms with Gasteiger partial charge in [-0.2, -0.15) is 0 Å². The minimum atomic E-state index is -0.838. The number of nitrogens with one attached hydrogen (secondary N) is 1. The minimum absolute atomic E-state index is 0.00337. The van der Waals surface area contributed by atoms with Crippen LogP contribution in [0.4, 0.5) is 11.5 Å². The number of morpholine rings is 1. The van der Waals surface area contributed by atoms with Crippen molar-refractivity contribution in [2.24, 2.45) is 0 Å². The second-order valence-corrected chi connectivity index (χ2v) is 7.85. The highest BCUT2D eigenvalue weighted by molar-refractivity contribution is 5.77. The van der Waals surface area contributed by atoms with E-state index in [4.69, 9.17) is 4.74 Å². The second kappa shape index (κ2) is 8.84. The molecule has 1 saturated heterocycles. The van der Waals surface area contributed by atoms with Crippen molar-refractivity contribution in [3.05, 3.63) is 42.6 Å². The smallest absolute Gasteiger partial charge is 0.225 e. The van der Waals surface area contributed by atoms with Crippen molar-refractivity contribution in [1.29, 1.82) is 0 Å². The zero-order chi connectivity index (χ0) is 20.1. The van der Waals surface area contributed by atoms with Crippen molar-refractivity contribution in [2.45, 2.75) is 50.2 Å². The lowest BCUT2D eigenvalue weighted by Crippen LogP contribution is -2.46. The molecule has 1 atom stereocenters. The molecule has 154 valence electrons. The summed E-state index contributed by atoms with van der Waals surface area (Å²) in [6.45, 7) is 1.48. The SMILES string of the molecule is O=C(CC1(O)CCCCC1)N1CCO[C@@H](c2ccc(Nc3cnccn3)cn2)C1. The lowest BCUT2D eigenvalue weighted by Gasteiger charge is -2.37. The minimum Gasteiger partial charge on any atom is -0.389 e. The van der Waals surface area contributed by atoms with Crippen molar-refractivity contribution >= 4 is 17.4 Å². The number of amides is 1. The summed E-state index contributed by atoms with van der Waals surface area (Å²) in [5.74, 6) is 0.650. The van der Waals surface area contributed by atoms with E-state index in [0.717, 1.165) is 30.6 Å². The molecule has 2 aliphatic rings. The molecule has 0 unspecified atom stereocenters. The molecule has 4 rings (SSSR count). The largest absolute Gasteiger partial charge is 0.389 e. The van der Waals surface area contributed by atoms with E-state index < -0.39 is 5.60 Å². The summed E-state index contributed by atoms with van der Waals surface area (Å²) in [6, 6.07) is 3.80. The molecule has 3 heterocycles. The highest BCUT2D eigenvalue weighted by Gasteiger charge is 2.35. The van der Waals surface area contributed by atoms with Gasteiger partial charge in [0, 0.05) is 18.9 Å². The average Bonchev–Trinajstić information content (AvgIpc) is 2.75. The molecule has 1 aliphatic carbocycles. The Hall–Kier alpha value is -2.58. The van der Waals surface area contributed by atoms with Crippen LogP contribution in [0, 0.1) is 0 Å². The standard InChI is InChI=1S/C21H27N5O3/c27-20(12-21(28)6-2-1-3-7-21)26-10-11-29-18(15-26)17-5-4-16(13-24-17)25-19-14-22-8-9-23-19/h4-5,8-9,13-14,18,28H,1-3,6-7,10-12,15H2,(H,23,25)/t18-/m1/s1. The molecule has 29 heavy (non-hydrogen) atoms. The number of pyridine rings is 1. The number of ether oxygens (including phenoxy) is 1. The van der Waals surface area contributed by atoms with Crippen molar-refractivity contribution < 1.29 is 14.6 Å². The fourth-order valence-electron chi connectivity index (χ4n) is 4.02. The number of aliphatic hydroxyl groups is 1. The number of carbonyl (C=O) groups excluding carboxylic acids is 1. The van der Waals surface area contributed by atoms with Gasteiger partial charge in [-0.05, 0) is 25.0 Å². The summed E-state index contributed by atoms with van der Waals surface area (Å²) < 4.78 is 5.86. The van der Waals surface area contributed by atoms with Gasteiger partial charge >= 0.3 is 0 Å². The van der Waals surface area contributed by atoms with E-state index in [1.54, 1.807) is 29.7 Å². The first-order valence-electron chi connectivity index (χ1n) is 10.2. The van der Waals surface area contributed by atoms with Gasteiger partial charge in [0.25, 0.3) is 0 Å². The number of rotatable bonds is 5. The quantitative estimate of drug-likeness (QED) is 0.800. The van der Waals surface area contributed by atoms with Gasteiger partial charge < -0.3 is 20.1 Å². The van der Waals surface area contributed by atoms with Crippen molar-refractivity contribution in [1.82, 2.24) is 19.9 Å². The van der Waals surface area contributed by atoms with E-state index in [1.165, 1.54) is 0 Å². The van der Waals surface area contributed by atoms with Crippen LogP contribution >= 0.6 is 0 Å². The second-order valence-electron chi connectivity index (χ2n) is 7.85. The van der Waals surface area contributed by atoms with E-state index >= 15 is 0 Å². The number of carbonyl (C=O) groups is 1. The highest BCUT2D eigenvalue weighted by Crippen LogP contribution is 2.32. The topological polar surface area (TPSA) is 100 Å². The van der Waals surface area contributed by atoms with Gasteiger partial charge in [0.15, 0.2) is 0 Å². The molecule has 2 fully saturated rings. The number of aromatic nitrogens is 3. The van der Waals surface area contributed by atoms with Crippen molar-refractivity contribution in [3.8, 4) is 0 Å². The maximum atomic E-state index is 12.8. The Kier molecular flexibility index (Phi) is 6.01. The normalized spacial score (nSPS) is 21.6. The van der Waals surface area contributed by atoms with Crippen LogP contribution in [0.2, 0.25) is 0 Å². The molecule has 8 nitrogen and oxygen atoms in total. The molecule has 2 N–H and O–H groups in total. The first-order valence-corrected chi connectivity index (χ1v) is 10.2.